The number of aromatic nitrogens is 2. The Morgan fingerprint density at radius 2 is 2.05 bits per heavy atom. The maximum atomic E-state index is 14.3. The Morgan fingerprint density at radius 3 is 2.71 bits per heavy atom. The van der Waals surface area contributed by atoms with Crippen LogP contribution in [0.4, 0.5) is 4.39 Å². The second kappa shape index (κ2) is 11.3. The van der Waals surface area contributed by atoms with E-state index in [0.29, 0.717) is 23.4 Å². The first-order valence-electron chi connectivity index (χ1n) is 13.3. The summed E-state index contributed by atoms with van der Waals surface area (Å²) in [7, 11) is 0. The highest BCUT2D eigenvalue weighted by Crippen LogP contribution is 2.46. The molecule has 2 heterocycles. The number of carbonyl (C=O) groups is 2. The summed E-state index contributed by atoms with van der Waals surface area (Å²) >= 11 is 0. The van der Waals surface area contributed by atoms with Gasteiger partial charge in [0, 0.05) is 17.0 Å². The summed E-state index contributed by atoms with van der Waals surface area (Å²) < 4.78 is 20.0. The van der Waals surface area contributed by atoms with Gasteiger partial charge in [-0.15, -0.1) is 0 Å². The zero-order valence-corrected chi connectivity index (χ0v) is 23.7. The average molecular weight is 564 g/mol. The molecule has 2 aromatic rings. The number of likely N-dealkylation sites (tertiary alicyclic amines) is 1. The molecule has 4 rings (SSSR count). The van der Waals surface area contributed by atoms with Gasteiger partial charge in [0.2, 0.25) is 5.91 Å². The van der Waals surface area contributed by atoms with Crippen molar-refractivity contribution in [3.8, 4) is 17.6 Å². The molecular weight excluding hydrogens is 529 g/mol. The van der Waals surface area contributed by atoms with Gasteiger partial charge in [0.15, 0.2) is 5.75 Å². The van der Waals surface area contributed by atoms with Crippen LogP contribution in [0.15, 0.2) is 53.1 Å². The van der Waals surface area contributed by atoms with E-state index in [9.17, 15) is 29.1 Å². The number of halogens is 1. The molecule has 4 atom stereocenters. The molecule has 1 unspecified atom stereocenters. The zero-order chi connectivity index (χ0) is 30.1. The zero-order valence-electron chi connectivity index (χ0n) is 23.7. The quantitative estimate of drug-likeness (QED) is 0.466. The highest BCUT2D eigenvalue weighted by molar-refractivity contribution is 5.97. The van der Waals surface area contributed by atoms with E-state index in [-0.39, 0.29) is 24.3 Å². The average Bonchev–Trinajstić information content (AvgIpc) is 3.29. The molecule has 41 heavy (non-hydrogen) atoms. The van der Waals surface area contributed by atoms with Gasteiger partial charge in [-0.05, 0) is 76.5 Å². The van der Waals surface area contributed by atoms with E-state index in [1.807, 2.05) is 0 Å². The van der Waals surface area contributed by atoms with Crippen molar-refractivity contribution < 1.29 is 23.8 Å². The van der Waals surface area contributed by atoms with Crippen LogP contribution in [0, 0.1) is 36.0 Å². The number of aryl methyl sites for hydroxylation is 2. The van der Waals surface area contributed by atoms with Crippen LogP contribution >= 0.6 is 0 Å². The maximum absolute atomic E-state index is 14.3. The number of benzene rings is 1. The van der Waals surface area contributed by atoms with Gasteiger partial charge in [-0.2, -0.15) is 10.4 Å². The van der Waals surface area contributed by atoms with Crippen LogP contribution < -0.4 is 15.6 Å². The molecule has 11 heteroatoms. The normalized spacial score (nSPS) is 24.0. The van der Waals surface area contributed by atoms with Gasteiger partial charge in [-0.1, -0.05) is 13.0 Å². The lowest BCUT2D eigenvalue weighted by Gasteiger charge is -2.43. The highest BCUT2D eigenvalue weighted by Gasteiger charge is 2.55. The molecular formula is C30H34FN5O5. The van der Waals surface area contributed by atoms with Crippen LogP contribution in [0.5, 0.6) is 11.5 Å². The van der Waals surface area contributed by atoms with Crippen molar-refractivity contribution in [3.05, 3.63) is 75.5 Å². The number of nitriles is 1. The van der Waals surface area contributed by atoms with Gasteiger partial charge < -0.3 is 20.1 Å². The molecule has 1 aliphatic carbocycles. The predicted octanol–water partition coefficient (Wildman–Crippen LogP) is 3.61. The van der Waals surface area contributed by atoms with E-state index in [4.69, 9.17) is 4.74 Å². The summed E-state index contributed by atoms with van der Waals surface area (Å²) in [6.07, 6.45) is 3.99. The first-order valence-corrected chi connectivity index (χ1v) is 13.3. The number of ether oxygens (including phenoxy) is 1. The number of carbonyl (C=O) groups excluding carboxylic acids is 2. The monoisotopic (exact) mass is 563 g/mol. The molecule has 0 saturated carbocycles. The fourth-order valence-electron chi connectivity index (χ4n) is 5.64. The van der Waals surface area contributed by atoms with Crippen LogP contribution in [0.2, 0.25) is 0 Å². The Kier molecular flexibility index (Phi) is 8.17. The lowest BCUT2D eigenvalue weighted by molar-refractivity contribution is -0.138. The number of rotatable bonds is 7. The third-order valence-electron chi connectivity index (χ3n) is 7.81. The van der Waals surface area contributed by atoms with Crippen molar-refractivity contribution in [2.45, 2.75) is 65.6 Å². The number of aromatic amines is 1. The molecule has 2 amide bonds. The molecule has 1 aliphatic heterocycles. The largest absolute Gasteiger partial charge is 0.451 e. The summed E-state index contributed by atoms with van der Waals surface area (Å²) in [6, 6.07) is 6.93. The van der Waals surface area contributed by atoms with Crippen LogP contribution in [-0.2, 0) is 4.79 Å². The number of hydrogen-bond donors (Lipinski definition) is 3. The van der Waals surface area contributed by atoms with E-state index in [1.165, 1.54) is 29.2 Å². The van der Waals surface area contributed by atoms with Gasteiger partial charge in [-0.3, -0.25) is 14.4 Å². The third kappa shape index (κ3) is 6.07. The highest BCUT2D eigenvalue weighted by atomic mass is 19.1. The van der Waals surface area contributed by atoms with Crippen molar-refractivity contribution in [2.24, 2.45) is 10.8 Å². The predicted molar refractivity (Wildman–Crippen MR) is 149 cm³/mol. The number of aliphatic hydroxyl groups excluding tert-OH is 1. The van der Waals surface area contributed by atoms with Gasteiger partial charge in [-0.25, -0.2) is 9.49 Å². The minimum Gasteiger partial charge on any atom is -0.451 e. The first-order chi connectivity index (χ1) is 19.3. The molecule has 10 nitrogen and oxygen atoms in total. The number of nitrogens with zero attached hydrogens (tertiary/aromatic N) is 3. The minimum atomic E-state index is -0.999. The van der Waals surface area contributed by atoms with Crippen molar-refractivity contribution in [1.82, 2.24) is 20.4 Å². The van der Waals surface area contributed by atoms with Crippen LogP contribution in [0.1, 0.15) is 55.2 Å². The van der Waals surface area contributed by atoms with Crippen molar-refractivity contribution in [1.29, 1.82) is 5.26 Å². The smallest absolute Gasteiger partial charge is 0.307 e. The third-order valence-corrected chi connectivity index (χ3v) is 7.81. The fourth-order valence-corrected chi connectivity index (χ4v) is 5.64. The number of nitrogens with one attached hydrogen (secondary N) is 2. The number of aliphatic hydroxyl groups is 1. The molecule has 216 valence electrons. The number of amides is 2. The Morgan fingerprint density at radius 1 is 1.32 bits per heavy atom. The van der Waals surface area contributed by atoms with Gasteiger partial charge >= 0.3 is 5.56 Å². The molecule has 1 saturated heterocycles. The van der Waals surface area contributed by atoms with Crippen LogP contribution in [0.25, 0.3) is 0 Å². The van der Waals surface area contributed by atoms with E-state index in [0.717, 1.165) is 0 Å². The Balaban J connectivity index is 1.52. The molecule has 3 N–H and O–H groups in total. The standard InChI is InChI=1S/C30H34FN5O5/c1-17-11-19(8-9-22(17)41-23-12-18(2)34-35-28(23)40)27(39)33-15-25(38)36-24(29(3,4)16-32)13-21(37)26(36)30(5)10-6-7-20(31)14-30/h6-9,11-12,14,21,24,26,37H,10,13,15H2,1-5H3,(H,33,39)(H,35,40)/t21-,24-,26+,30?/m1/s1. The van der Waals surface area contributed by atoms with Crippen molar-refractivity contribution in [3.63, 3.8) is 0 Å². The SMILES string of the molecule is Cc1cc(Oc2ccc(C(=O)NCC(=O)N3[C@H](C4(C)C=C(F)C=CC4)[C@H](O)C[C@@H]3C(C)(C)C#N)cc2C)c(=O)[nH]n1. The van der Waals surface area contributed by atoms with Gasteiger partial charge in [0.25, 0.3) is 5.91 Å². The fraction of sp³-hybridized carbons (Fsp3) is 0.433. The van der Waals surface area contributed by atoms with Crippen LogP contribution in [0.3, 0.4) is 0 Å². The van der Waals surface area contributed by atoms with Crippen molar-refractivity contribution in [2.75, 3.05) is 6.54 Å². The Labute approximate surface area is 237 Å². The minimum absolute atomic E-state index is 0.0671. The van der Waals surface area contributed by atoms with Crippen molar-refractivity contribution >= 4 is 11.8 Å². The second-order valence-corrected chi connectivity index (χ2v) is 11.5. The van der Waals surface area contributed by atoms with E-state index in [1.54, 1.807) is 52.8 Å². The summed E-state index contributed by atoms with van der Waals surface area (Å²) in [4.78, 5) is 40.1. The molecule has 1 fully saturated rings. The summed E-state index contributed by atoms with van der Waals surface area (Å²) in [5.74, 6) is -1.02. The summed E-state index contributed by atoms with van der Waals surface area (Å²) in [6.45, 7) is 8.20. The molecule has 1 aromatic heterocycles. The van der Waals surface area contributed by atoms with Crippen LogP contribution in [-0.4, -0.2) is 56.8 Å². The van der Waals surface area contributed by atoms with E-state index < -0.39 is 52.2 Å². The lowest BCUT2D eigenvalue weighted by atomic mass is 9.74. The Hall–Kier alpha value is -4.30. The molecule has 2 aliphatic rings. The molecule has 1 aromatic carbocycles. The van der Waals surface area contributed by atoms with E-state index >= 15 is 0 Å². The van der Waals surface area contributed by atoms with E-state index in [2.05, 4.69) is 21.6 Å². The second-order valence-electron chi connectivity index (χ2n) is 11.5. The number of allylic oxidation sites excluding steroid dienone is 3. The number of hydrogen-bond acceptors (Lipinski definition) is 7. The topological polar surface area (TPSA) is 148 Å². The lowest BCUT2D eigenvalue weighted by Crippen LogP contribution is -2.56. The van der Waals surface area contributed by atoms with Gasteiger partial charge in [0.1, 0.15) is 11.6 Å². The Bertz CT molecular complexity index is 1520. The summed E-state index contributed by atoms with van der Waals surface area (Å²) in [5.41, 5.74) is -0.968. The molecule has 0 spiro atoms. The molecule has 0 bridgehead atoms. The van der Waals surface area contributed by atoms with Gasteiger partial charge in [0.05, 0.1) is 41.9 Å². The number of H-pyrrole nitrogens is 1. The summed E-state index contributed by atoms with van der Waals surface area (Å²) in [5, 5.41) is 29.7. The maximum Gasteiger partial charge on any atom is 0.307 e. The molecule has 0 radical (unpaired) electrons. The first kappa shape index (κ1) is 29.7.